The van der Waals surface area contributed by atoms with Gasteiger partial charge in [-0.15, -0.1) is 11.3 Å². The molecule has 7 heteroatoms. The number of carbonyl (C=O) groups excluding carboxylic acids is 1. The highest BCUT2D eigenvalue weighted by Crippen LogP contribution is 2.26. The van der Waals surface area contributed by atoms with E-state index in [1.54, 1.807) is 17.5 Å². The van der Waals surface area contributed by atoms with Crippen molar-refractivity contribution < 1.29 is 9.90 Å². The molecule has 0 aromatic carbocycles. The van der Waals surface area contributed by atoms with Crippen molar-refractivity contribution in [3.63, 3.8) is 0 Å². The van der Waals surface area contributed by atoms with Crippen molar-refractivity contribution in [3.05, 3.63) is 27.9 Å². The van der Waals surface area contributed by atoms with Gasteiger partial charge in [0.2, 0.25) is 0 Å². The number of β-amino-alcohol motifs (C(OH)–C–C–N with tert-alkyl or cyclic N) is 1. The molecule has 0 radical (unpaired) electrons. The maximum Gasteiger partial charge on any atom is 0.263 e. The Bertz CT molecular complexity index is 582. The quantitative estimate of drug-likeness (QED) is 0.793. The number of thiazole rings is 1. The van der Waals surface area contributed by atoms with Gasteiger partial charge in [0.15, 0.2) is 0 Å². The van der Waals surface area contributed by atoms with Crippen molar-refractivity contribution in [1.82, 2.24) is 15.6 Å². The number of nitrogens with one attached hydrogen (secondary N) is 2. The minimum absolute atomic E-state index is 0.0863. The van der Waals surface area contributed by atoms with Crippen LogP contribution in [0.2, 0.25) is 0 Å². The SMILES string of the molecule is O=C(NCC1CNCC1O)c1cnc(-c2ccsc2)s1. The van der Waals surface area contributed by atoms with Gasteiger partial charge >= 0.3 is 0 Å². The highest BCUT2D eigenvalue weighted by atomic mass is 32.1. The molecule has 2 atom stereocenters. The van der Waals surface area contributed by atoms with Crippen LogP contribution in [-0.4, -0.2) is 41.7 Å². The van der Waals surface area contributed by atoms with E-state index in [0.717, 1.165) is 17.1 Å². The molecule has 0 bridgehead atoms. The number of aliphatic hydroxyl groups is 1. The Labute approximate surface area is 124 Å². The molecule has 2 aromatic heterocycles. The highest BCUT2D eigenvalue weighted by molar-refractivity contribution is 7.17. The number of aliphatic hydroxyl groups excluding tert-OH is 1. The van der Waals surface area contributed by atoms with Gasteiger partial charge in [0, 0.05) is 36.5 Å². The molecule has 1 aliphatic heterocycles. The number of hydrogen-bond acceptors (Lipinski definition) is 6. The fraction of sp³-hybridized carbons (Fsp3) is 0.385. The molecule has 3 heterocycles. The predicted octanol–water partition coefficient (Wildman–Crippen LogP) is 1.18. The molecular weight excluding hydrogens is 294 g/mol. The molecule has 0 aliphatic carbocycles. The zero-order chi connectivity index (χ0) is 13.9. The van der Waals surface area contributed by atoms with E-state index in [1.165, 1.54) is 11.3 Å². The van der Waals surface area contributed by atoms with E-state index in [-0.39, 0.29) is 17.9 Å². The second kappa shape index (κ2) is 6.01. The van der Waals surface area contributed by atoms with Gasteiger partial charge in [-0.3, -0.25) is 4.79 Å². The average Bonchev–Trinajstić information content (AvgIpc) is 3.17. The topological polar surface area (TPSA) is 74.2 Å². The number of rotatable bonds is 4. The molecule has 2 aromatic rings. The molecule has 20 heavy (non-hydrogen) atoms. The van der Waals surface area contributed by atoms with Crippen molar-refractivity contribution >= 4 is 28.6 Å². The van der Waals surface area contributed by atoms with Crippen LogP contribution in [0, 0.1) is 5.92 Å². The molecule has 1 saturated heterocycles. The summed E-state index contributed by atoms with van der Waals surface area (Å²) in [6, 6.07) is 1.99. The van der Waals surface area contributed by atoms with Gasteiger partial charge in [-0.25, -0.2) is 4.98 Å². The minimum atomic E-state index is -0.377. The van der Waals surface area contributed by atoms with E-state index in [2.05, 4.69) is 15.6 Å². The summed E-state index contributed by atoms with van der Waals surface area (Å²) < 4.78 is 0. The summed E-state index contributed by atoms with van der Waals surface area (Å²) in [6.45, 7) is 1.83. The third kappa shape index (κ3) is 2.90. The molecule has 3 rings (SSSR count). The maximum absolute atomic E-state index is 12.1. The van der Waals surface area contributed by atoms with Crippen LogP contribution in [-0.2, 0) is 0 Å². The summed E-state index contributed by atoms with van der Waals surface area (Å²) in [5.74, 6) is -0.0358. The van der Waals surface area contributed by atoms with Crippen molar-refractivity contribution in [3.8, 4) is 10.6 Å². The van der Waals surface area contributed by atoms with E-state index >= 15 is 0 Å². The van der Waals surface area contributed by atoms with Crippen molar-refractivity contribution in [2.75, 3.05) is 19.6 Å². The van der Waals surface area contributed by atoms with Crippen molar-refractivity contribution in [2.45, 2.75) is 6.10 Å². The minimum Gasteiger partial charge on any atom is -0.391 e. The Morgan fingerprint density at radius 3 is 3.15 bits per heavy atom. The van der Waals surface area contributed by atoms with Crippen LogP contribution < -0.4 is 10.6 Å². The lowest BCUT2D eigenvalue weighted by Crippen LogP contribution is -2.34. The van der Waals surface area contributed by atoms with Crippen LogP contribution in [0.1, 0.15) is 9.67 Å². The lowest BCUT2D eigenvalue weighted by Gasteiger charge is -2.13. The molecule has 1 fully saturated rings. The first-order chi connectivity index (χ1) is 9.74. The first-order valence-electron chi connectivity index (χ1n) is 6.39. The van der Waals surface area contributed by atoms with Gasteiger partial charge in [0.1, 0.15) is 9.88 Å². The van der Waals surface area contributed by atoms with E-state index in [1.807, 2.05) is 16.8 Å². The molecule has 106 valence electrons. The van der Waals surface area contributed by atoms with Gasteiger partial charge in [0.25, 0.3) is 5.91 Å². The molecule has 1 aliphatic rings. The average molecular weight is 309 g/mol. The molecule has 5 nitrogen and oxygen atoms in total. The number of amides is 1. The molecule has 0 spiro atoms. The maximum atomic E-state index is 12.1. The Morgan fingerprint density at radius 1 is 1.55 bits per heavy atom. The van der Waals surface area contributed by atoms with Crippen LogP contribution in [0.25, 0.3) is 10.6 Å². The summed E-state index contributed by atoms with van der Waals surface area (Å²) in [7, 11) is 0. The van der Waals surface area contributed by atoms with Crippen LogP contribution >= 0.6 is 22.7 Å². The van der Waals surface area contributed by atoms with Crippen LogP contribution in [0.5, 0.6) is 0 Å². The largest absolute Gasteiger partial charge is 0.391 e. The zero-order valence-electron chi connectivity index (χ0n) is 10.7. The summed E-state index contributed by atoms with van der Waals surface area (Å²) in [4.78, 5) is 16.9. The lowest BCUT2D eigenvalue weighted by atomic mass is 10.1. The second-order valence-electron chi connectivity index (χ2n) is 4.74. The normalized spacial score (nSPS) is 22.1. The number of nitrogens with zero attached hydrogens (tertiary/aromatic N) is 1. The Hall–Kier alpha value is -1.28. The molecule has 3 N–H and O–H groups in total. The summed E-state index contributed by atoms with van der Waals surface area (Å²) >= 11 is 3.00. The number of aromatic nitrogens is 1. The predicted molar refractivity (Wildman–Crippen MR) is 80.1 cm³/mol. The molecule has 2 unspecified atom stereocenters. The number of carbonyl (C=O) groups is 1. The molecule has 1 amide bonds. The third-order valence-electron chi connectivity index (χ3n) is 3.33. The first kappa shape index (κ1) is 13.7. The van der Waals surface area contributed by atoms with Gasteiger partial charge < -0.3 is 15.7 Å². The summed E-state index contributed by atoms with van der Waals surface area (Å²) in [6.07, 6.45) is 1.23. The Morgan fingerprint density at radius 2 is 2.45 bits per heavy atom. The van der Waals surface area contributed by atoms with Crippen molar-refractivity contribution in [2.24, 2.45) is 5.92 Å². The Kier molecular flexibility index (Phi) is 4.11. The van der Waals surface area contributed by atoms with Gasteiger partial charge in [-0.05, 0) is 11.4 Å². The fourth-order valence-electron chi connectivity index (χ4n) is 2.14. The van der Waals surface area contributed by atoms with Gasteiger partial charge in [-0.1, -0.05) is 0 Å². The Balaban J connectivity index is 1.60. The lowest BCUT2D eigenvalue weighted by molar-refractivity contribution is 0.0931. The van der Waals surface area contributed by atoms with Crippen LogP contribution in [0.15, 0.2) is 23.0 Å². The van der Waals surface area contributed by atoms with Crippen LogP contribution in [0.3, 0.4) is 0 Å². The monoisotopic (exact) mass is 309 g/mol. The molecule has 0 saturated carbocycles. The summed E-state index contributed by atoms with van der Waals surface area (Å²) in [5.41, 5.74) is 1.05. The van der Waals surface area contributed by atoms with Gasteiger partial charge in [-0.2, -0.15) is 11.3 Å². The third-order valence-corrected chi connectivity index (χ3v) is 5.05. The van der Waals surface area contributed by atoms with Crippen LogP contribution in [0.4, 0.5) is 0 Å². The van der Waals surface area contributed by atoms with E-state index in [0.29, 0.717) is 18.0 Å². The van der Waals surface area contributed by atoms with Gasteiger partial charge in [0.05, 0.1) is 12.3 Å². The second-order valence-corrected chi connectivity index (χ2v) is 6.55. The highest BCUT2D eigenvalue weighted by Gasteiger charge is 2.25. The van der Waals surface area contributed by atoms with Crippen molar-refractivity contribution in [1.29, 1.82) is 0 Å². The standard InChI is InChI=1S/C13H15N3O2S2/c17-10-5-14-3-9(10)4-15-12(18)11-6-16-13(20-11)8-1-2-19-7-8/h1-2,6-7,9-10,14,17H,3-5H2,(H,15,18). The molecular formula is C13H15N3O2S2. The van der Waals surface area contributed by atoms with E-state index in [9.17, 15) is 9.90 Å². The zero-order valence-corrected chi connectivity index (χ0v) is 12.3. The number of thiophene rings is 1. The van der Waals surface area contributed by atoms with E-state index < -0.39 is 0 Å². The first-order valence-corrected chi connectivity index (χ1v) is 8.15. The van der Waals surface area contributed by atoms with E-state index in [4.69, 9.17) is 0 Å². The number of hydrogen-bond donors (Lipinski definition) is 3. The fourth-order valence-corrected chi connectivity index (χ4v) is 3.68. The summed E-state index contributed by atoms with van der Waals surface area (Å²) in [5, 5.41) is 20.5. The smallest absolute Gasteiger partial charge is 0.263 e.